The molecule has 3 fully saturated rings. The van der Waals surface area contributed by atoms with Gasteiger partial charge in [-0.1, -0.05) is 36.4 Å². The average molecular weight is 503 g/mol. The van der Waals surface area contributed by atoms with E-state index in [4.69, 9.17) is 28.4 Å². The van der Waals surface area contributed by atoms with E-state index in [9.17, 15) is 0 Å². The zero-order valence-corrected chi connectivity index (χ0v) is 21.1. The zero-order valence-electron chi connectivity index (χ0n) is 21.1. The van der Waals surface area contributed by atoms with Gasteiger partial charge in [-0.25, -0.2) is 0 Å². The molecule has 6 rings (SSSR count). The molecule has 37 heavy (non-hydrogen) atoms. The fourth-order valence-corrected chi connectivity index (χ4v) is 5.17. The van der Waals surface area contributed by atoms with Crippen molar-refractivity contribution in [3.05, 3.63) is 89.5 Å². The second-order valence-electron chi connectivity index (χ2n) is 9.82. The van der Waals surface area contributed by atoms with Crippen molar-refractivity contribution < 1.29 is 28.4 Å². The smallest absolute Gasteiger partial charge is 0.199 e. The second-order valence-corrected chi connectivity index (χ2v) is 9.82. The number of ether oxygens (including phenoxy) is 6. The normalized spacial score (nSPS) is 24.2. The van der Waals surface area contributed by atoms with E-state index in [0.717, 1.165) is 75.6 Å². The predicted octanol–water partition coefficient (Wildman–Crippen LogP) is 6.41. The summed E-state index contributed by atoms with van der Waals surface area (Å²) in [6.07, 6.45) is 5.51. The van der Waals surface area contributed by atoms with E-state index in [-0.39, 0.29) is 24.8 Å². The Labute approximate surface area is 218 Å². The van der Waals surface area contributed by atoms with Crippen molar-refractivity contribution in [2.24, 2.45) is 0 Å². The van der Waals surface area contributed by atoms with Gasteiger partial charge >= 0.3 is 0 Å². The van der Waals surface area contributed by atoms with Crippen LogP contribution >= 0.6 is 0 Å². The second kappa shape index (κ2) is 11.5. The Kier molecular flexibility index (Phi) is 7.58. The van der Waals surface area contributed by atoms with Crippen LogP contribution in [0.4, 0.5) is 0 Å². The molecule has 3 heterocycles. The molecule has 0 N–H and O–H groups in total. The maximum atomic E-state index is 6.00. The van der Waals surface area contributed by atoms with E-state index in [1.54, 1.807) is 0 Å². The highest BCUT2D eigenvalue weighted by atomic mass is 16.7. The van der Waals surface area contributed by atoms with Gasteiger partial charge in [-0.15, -0.1) is 0 Å². The molecule has 3 atom stereocenters. The van der Waals surface area contributed by atoms with Gasteiger partial charge in [0.2, 0.25) is 0 Å². The van der Waals surface area contributed by atoms with Gasteiger partial charge in [0.15, 0.2) is 18.9 Å². The maximum absolute atomic E-state index is 6.00. The lowest BCUT2D eigenvalue weighted by Crippen LogP contribution is -2.14. The molecule has 3 aliphatic heterocycles. The van der Waals surface area contributed by atoms with Crippen LogP contribution in [0.3, 0.4) is 0 Å². The minimum atomic E-state index is -0.144. The highest BCUT2D eigenvalue weighted by molar-refractivity contribution is 5.47. The highest BCUT2D eigenvalue weighted by Gasteiger charge is 2.22. The quantitative estimate of drug-likeness (QED) is 0.315. The van der Waals surface area contributed by atoms with E-state index in [2.05, 4.69) is 36.4 Å². The Balaban J connectivity index is 1.24. The van der Waals surface area contributed by atoms with Gasteiger partial charge in [0.1, 0.15) is 17.2 Å². The third-order valence-electron chi connectivity index (χ3n) is 7.11. The van der Waals surface area contributed by atoms with Crippen LogP contribution in [0.2, 0.25) is 0 Å². The van der Waals surface area contributed by atoms with E-state index in [1.165, 1.54) is 16.7 Å². The van der Waals surface area contributed by atoms with Gasteiger partial charge in [0, 0.05) is 25.2 Å². The van der Waals surface area contributed by atoms with Crippen LogP contribution in [0.15, 0.2) is 72.8 Å². The van der Waals surface area contributed by atoms with Crippen molar-refractivity contribution in [1.29, 1.82) is 0 Å². The molecule has 6 nitrogen and oxygen atoms in total. The largest absolute Gasteiger partial charge is 0.465 e. The van der Waals surface area contributed by atoms with Crippen molar-refractivity contribution in [3.8, 4) is 17.2 Å². The van der Waals surface area contributed by atoms with Crippen LogP contribution in [0.1, 0.15) is 61.1 Å². The van der Waals surface area contributed by atoms with Gasteiger partial charge in [0.05, 0.1) is 19.8 Å². The molecule has 3 aliphatic rings. The fourth-order valence-electron chi connectivity index (χ4n) is 5.17. The molecule has 0 aromatic heterocycles. The Morgan fingerprint density at radius 2 is 0.757 bits per heavy atom. The van der Waals surface area contributed by atoms with Crippen molar-refractivity contribution in [3.63, 3.8) is 0 Å². The van der Waals surface area contributed by atoms with Crippen LogP contribution < -0.4 is 14.2 Å². The summed E-state index contributed by atoms with van der Waals surface area (Å²) in [6.45, 7) is 2.30. The van der Waals surface area contributed by atoms with Crippen molar-refractivity contribution >= 4 is 0 Å². The van der Waals surface area contributed by atoms with Crippen molar-refractivity contribution in [1.82, 2.24) is 0 Å². The lowest BCUT2D eigenvalue weighted by molar-refractivity contribution is -0.0393. The maximum Gasteiger partial charge on any atom is 0.199 e. The summed E-state index contributed by atoms with van der Waals surface area (Å²) in [4.78, 5) is 0. The van der Waals surface area contributed by atoms with Crippen LogP contribution in [0.25, 0.3) is 0 Å². The third kappa shape index (κ3) is 6.09. The van der Waals surface area contributed by atoms with Gasteiger partial charge in [-0.3, -0.25) is 0 Å². The summed E-state index contributed by atoms with van der Waals surface area (Å²) in [5.74, 6) is 2.53. The molecular formula is C31H34O6. The van der Waals surface area contributed by atoms with Crippen LogP contribution in [-0.4, -0.2) is 38.7 Å². The zero-order chi connectivity index (χ0) is 24.9. The Hall–Kier alpha value is -3.06. The number of rotatable bonds is 9. The molecule has 3 saturated heterocycles. The SMILES string of the molecule is c1cc(C(c2ccc(OC3CCCO3)cc2)c2ccc(OC3CCCO3)cc2)ccc1OC1CCCO1. The molecule has 0 radical (unpaired) electrons. The molecule has 0 aliphatic carbocycles. The summed E-state index contributed by atoms with van der Waals surface area (Å²) in [7, 11) is 0. The van der Waals surface area contributed by atoms with Crippen LogP contribution in [0, 0.1) is 0 Å². The Morgan fingerprint density at radius 1 is 0.459 bits per heavy atom. The first-order valence-electron chi connectivity index (χ1n) is 13.4. The summed E-state index contributed by atoms with van der Waals surface area (Å²) < 4.78 is 34.9. The van der Waals surface area contributed by atoms with E-state index >= 15 is 0 Å². The van der Waals surface area contributed by atoms with Crippen molar-refractivity contribution in [2.75, 3.05) is 19.8 Å². The molecule has 0 spiro atoms. The fraction of sp³-hybridized carbons (Fsp3) is 0.419. The molecule has 0 amide bonds. The average Bonchev–Trinajstić information content (AvgIpc) is 3.73. The minimum absolute atomic E-state index is 0.0466. The highest BCUT2D eigenvalue weighted by Crippen LogP contribution is 2.35. The number of hydrogen-bond acceptors (Lipinski definition) is 6. The summed E-state index contributed by atoms with van der Waals surface area (Å²) in [6, 6.07) is 25.1. The predicted molar refractivity (Wildman–Crippen MR) is 139 cm³/mol. The molecule has 3 aromatic rings. The first kappa shape index (κ1) is 24.3. The number of benzene rings is 3. The summed E-state index contributed by atoms with van der Waals surface area (Å²) in [5.41, 5.74) is 3.54. The lowest BCUT2D eigenvalue weighted by atomic mass is 9.85. The first-order chi connectivity index (χ1) is 18.3. The molecular weight excluding hydrogens is 468 g/mol. The van der Waals surface area contributed by atoms with Gasteiger partial charge in [-0.2, -0.15) is 0 Å². The lowest BCUT2D eigenvalue weighted by Gasteiger charge is -2.21. The van der Waals surface area contributed by atoms with E-state index in [0.29, 0.717) is 0 Å². The van der Waals surface area contributed by atoms with E-state index in [1.807, 2.05) is 36.4 Å². The molecule has 3 aromatic carbocycles. The van der Waals surface area contributed by atoms with Crippen LogP contribution in [0.5, 0.6) is 17.2 Å². The first-order valence-corrected chi connectivity index (χ1v) is 13.4. The van der Waals surface area contributed by atoms with E-state index < -0.39 is 0 Å². The molecule has 0 saturated carbocycles. The molecule has 0 bridgehead atoms. The van der Waals surface area contributed by atoms with Crippen molar-refractivity contribution in [2.45, 2.75) is 63.3 Å². The summed E-state index contributed by atoms with van der Waals surface area (Å²) >= 11 is 0. The number of hydrogen-bond donors (Lipinski definition) is 0. The monoisotopic (exact) mass is 502 g/mol. The van der Waals surface area contributed by atoms with Gasteiger partial charge in [0.25, 0.3) is 0 Å². The van der Waals surface area contributed by atoms with Gasteiger partial charge < -0.3 is 28.4 Å². The molecule has 6 heteroatoms. The van der Waals surface area contributed by atoms with Crippen LogP contribution in [-0.2, 0) is 14.2 Å². The molecule has 3 unspecified atom stereocenters. The minimum Gasteiger partial charge on any atom is -0.465 e. The Bertz CT molecular complexity index is 964. The topological polar surface area (TPSA) is 55.4 Å². The molecule has 194 valence electrons. The third-order valence-corrected chi connectivity index (χ3v) is 7.11. The Morgan fingerprint density at radius 3 is 1.00 bits per heavy atom. The standard InChI is InChI=1S/C31H34O6/c1-4-28(32-19-1)35-25-13-7-22(8-14-25)31(23-9-15-26(16-10-23)36-29-5-2-20-33-29)24-11-17-27(18-12-24)37-30-6-3-21-34-30/h7-18,28-31H,1-6,19-21H2. The summed E-state index contributed by atoms with van der Waals surface area (Å²) in [5, 5.41) is 0. The van der Waals surface area contributed by atoms with Gasteiger partial charge in [-0.05, 0) is 72.4 Å².